The van der Waals surface area contributed by atoms with Crippen LogP contribution in [0.5, 0.6) is 5.75 Å². The van der Waals surface area contributed by atoms with Crippen molar-refractivity contribution in [2.45, 2.75) is 46.1 Å². The molecular weight excluding hydrogens is 378 g/mol. The number of hydrogen-bond acceptors (Lipinski definition) is 5. The van der Waals surface area contributed by atoms with Gasteiger partial charge in [-0.1, -0.05) is 5.21 Å². The van der Waals surface area contributed by atoms with Gasteiger partial charge in [0, 0.05) is 6.54 Å². The van der Waals surface area contributed by atoms with Crippen LogP contribution in [-0.4, -0.2) is 46.6 Å². The van der Waals surface area contributed by atoms with Crippen LogP contribution < -0.4 is 15.4 Å². The molecule has 3 rings (SSSR count). The lowest BCUT2D eigenvalue weighted by Gasteiger charge is -2.22. The quantitative estimate of drug-likeness (QED) is 0.737. The molecule has 2 N–H and O–H groups in total. The van der Waals surface area contributed by atoms with Crippen LogP contribution in [0, 0.1) is 12.8 Å². The number of hydrogen-bond donors (Lipinski definition) is 2. The van der Waals surface area contributed by atoms with Gasteiger partial charge in [-0.3, -0.25) is 4.79 Å². The molecule has 1 aliphatic heterocycles. The Morgan fingerprint density at radius 1 is 1.36 bits per heavy atom. The summed E-state index contributed by atoms with van der Waals surface area (Å²) in [6, 6.07) is 7.62. The monoisotopic (exact) mass is 407 g/mol. The highest BCUT2D eigenvalue weighted by atomic mass is 35.5. The first-order valence-electron chi connectivity index (χ1n) is 9.73. The molecule has 1 aliphatic rings. The van der Waals surface area contributed by atoms with E-state index in [1.807, 2.05) is 45.0 Å². The van der Waals surface area contributed by atoms with E-state index < -0.39 is 0 Å². The Morgan fingerprint density at radius 3 is 2.75 bits per heavy atom. The number of rotatable bonds is 7. The van der Waals surface area contributed by atoms with Gasteiger partial charge in [-0.25, -0.2) is 4.68 Å². The molecule has 7 nitrogen and oxygen atoms in total. The van der Waals surface area contributed by atoms with Crippen molar-refractivity contribution in [1.82, 2.24) is 25.6 Å². The third-order valence-electron chi connectivity index (χ3n) is 4.80. The molecule has 0 aliphatic carbocycles. The summed E-state index contributed by atoms with van der Waals surface area (Å²) in [6.07, 6.45) is 3.56. The van der Waals surface area contributed by atoms with Gasteiger partial charge < -0.3 is 15.4 Å². The zero-order valence-electron chi connectivity index (χ0n) is 16.8. The highest BCUT2D eigenvalue weighted by Crippen LogP contribution is 2.18. The molecule has 1 fully saturated rings. The maximum Gasteiger partial charge on any atom is 0.273 e. The van der Waals surface area contributed by atoms with Crippen LogP contribution in [0.4, 0.5) is 0 Å². The van der Waals surface area contributed by atoms with Crippen molar-refractivity contribution < 1.29 is 9.53 Å². The van der Waals surface area contributed by atoms with Gasteiger partial charge in [0.25, 0.3) is 5.91 Å². The van der Waals surface area contributed by atoms with E-state index in [4.69, 9.17) is 4.74 Å². The molecule has 1 amide bonds. The molecule has 1 atom stereocenters. The fraction of sp³-hybridized carbons (Fsp3) is 0.550. The minimum atomic E-state index is -0.165. The van der Waals surface area contributed by atoms with E-state index in [0.717, 1.165) is 36.6 Å². The van der Waals surface area contributed by atoms with Crippen molar-refractivity contribution in [2.24, 2.45) is 5.92 Å². The van der Waals surface area contributed by atoms with E-state index in [1.54, 1.807) is 4.68 Å². The number of carbonyl (C=O) groups is 1. The van der Waals surface area contributed by atoms with Crippen LogP contribution in [0.3, 0.4) is 0 Å². The van der Waals surface area contributed by atoms with Crippen molar-refractivity contribution in [3.63, 3.8) is 0 Å². The number of nitrogens with zero attached hydrogens (tertiary/aromatic N) is 3. The minimum Gasteiger partial charge on any atom is -0.491 e. The molecule has 1 saturated heterocycles. The number of halogens is 1. The molecule has 154 valence electrons. The number of ether oxygens (including phenoxy) is 1. The van der Waals surface area contributed by atoms with E-state index in [1.165, 1.54) is 12.8 Å². The van der Waals surface area contributed by atoms with Crippen LogP contribution >= 0.6 is 12.4 Å². The molecule has 0 bridgehead atoms. The predicted molar refractivity (Wildman–Crippen MR) is 112 cm³/mol. The van der Waals surface area contributed by atoms with E-state index in [2.05, 4.69) is 20.9 Å². The molecule has 1 aromatic heterocycles. The third-order valence-corrected chi connectivity index (χ3v) is 4.80. The molecular formula is C20H30ClN5O2. The SMILES string of the molecule is Cc1c(C(=O)NCCC2CCCNC2)nnn1-c1ccc(OC(C)C)cc1.Cl. The smallest absolute Gasteiger partial charge is 0.273 e. The average molecular weight is 408 g/mol. The lowest BCUT2D eigenvalue weighted by Crippen LogP contribution is -2.33. The Kier molecular flexibility index (Phi) is 8.26. The van der Waals surface area contributed by atoms with Gasteiger partial charge in [0.15, 0.2) is 5.69 Å². The van der Waals surface area contributed by atoms with E-state index >= 15 is 0 Å². The predicted octanol–water partition coefficient (Wildman–Crippen LogP) is 2.90. The summed E-state index contributed by atoms with van der Waals surface area (Å²) in [6.45, 7) is 8.66. The third kappa shape index (κ3) is 5.69. The van der Waals surface area contributed by atoms with Crippen molar-refractivity contribution in [1.29, 1.82) is 0 Å². The van der Waals surface area contributed by atoms with Crippen LogP contribution in [0.25, 0.3) is 5.69 Å². The van der Waals surface area contributed by atoms with Gasteiger partial charge in [-0.15, -0.1) is 17.5 Å². The summed E-state index contributed by atoms with van der Waals surface area (Å²) in [5.74, 6) is 1.28. The van der Waals surface area contributed by atoms with Gasteiger partial charge in [0.05, 0.1) is 17.5 Å². The van der Waals surface area contributed by atoms with Crippen LogP contribution in [0.15, 0.2) is 24.3 Å². The summed E-state index contributed by atoms with van der Waals surface area (Å²) >= 11 is 0. The Hall–Kier alpha value is -2.12. The molecule has 2 aromatic rings. The Bertz CT molecular complexity index is 754. The summed E-state index contributed by atoms with van der Waals surface area (Å²) in [4.78, 5) is 12.5. The van der Waals surface area contributed by atoms with Gasteiger partial charge in [0.1, 0.15) is 5.75 Å². The molecule has 1 aromatic carbocycles. The van der Waals surface area contributed by atoms with Gasteiger partial charge in [-0.05, 0) is 83.3 Å². The van der Waals surface area contributed by atoms with Crippen molar-refractivity contribution >= 4 is 18.3 Å². The topological polar surface area (TPSA) is 81.1 Å². The first-order valence-corrected chi connectivity index (χ1v) is 9.73. The number of benzene rings is 1. The second-order valence-electron chi connectivity index (χ2n) is 7.35. The van der Waals surface area contributed by atoms with Crippen molar-refractivity contribution in [3.05, 3.63) is 35.7 Å². The average Bonchev–Trinajstić information content (AvgIpc) is 3.04. The summed E-state index contributed by atoms with van der Waals surface area (Å²) in [7, 11) is 0. The molecule has 2 heterocycles. The zero-order valence-corrected chi connectivity index (χ0v) is 17.6. The Labute approximate surface area is 172 Å². The maximum atomic E-state index is 12.5. The largest absolute Gasteiger partial charge is 0.491 e. The number of piperidine rings is 1. The van der Waals surface area contributed by atoms with Crippen LogP contribution in [0.2, 0.25) is 0 Å². The second-order valence-corrected chi connectivity index (χ2v) is 7.35. The van der Waals surface area contributed by atoms with E-state index in [-0.39, 0.29) is 24.4 Å². The fourth-order valence-electron chi connectivity index (χ4n) is 3.37. The number of amides is 1. The Morgan fingerprint density at radius 2 is 2.11 bits per heavy atom. The minimum absolute atomic E-state index is 0. The summed E-state index contributed by atoms with van der Waals surface area (Å²) in [5.41, 5.74) is 1.95. The lowest BCUT2D eigenvalue weighted by molar-refractivity contribution is 0.0945. The second kappa shape index (κ2) is 10.4. The van der Waals surface area contributed by atoms with Gasteiger partial charge >= 0.3 is 0 Å². The highest BCUT2D eigenvalue weighted by molar-refractivity contribution is 5.93. The van der Waals surface area contributed by atoms with Crippen molar-refractivity contribution in [3.8, 4) is 11.4 Å². The van der Waals surface area contributed by atoms with E-state index in [0.29, 0.717) is 18.2 Å². The van der Waals surface area contributed by atoms with E-state index in [9.17, 15) is 4.79 Å². The first-order chi connectivity index (χ1) is 13.0. The summed E-state index contributed by atoms with van der Waals surface area (Å²) in [5, 5.41) is 14.6. The molecule has 0 saturated carbocycles. The standard InChI is InChI=1S/C20H29N5O2.ClH/c1-14(2)27-18-8-6-17(7-9-18)25-15(3)19(23-24-25)20(26)22-12-10-16-5-4-11-21-13-16;/h6-9,14,16,21H,4-5,10-13H2,1-3H3,(H,22,26);1H. The highest BCUT2D eigenvalue weighted by Gasteiger charge is 2.18. The number of carbonyl (C=O) groups excluding carboxylic acids is 1. The van der Waals surface area contributed by atoms with Crippen molar-refractivity contribution in [2.75, 3.05) is 19.6 Å². The fourth-order valence-corrected chi connectivity index (χ4v) is 3.37. The Balaban J connectivity index is 0.00000280. The molecule has 0 spiro atoms. The van der Waals surface area contributed by atoms with Crippen LogP contribution in [-0.2, 0) is 0 Å². The zero-order chi connectivity index (χ0) is 19.2. The van der Waals surface area contributed by atoms with Gasteiger partial charge in [0.2, 0.25) is 0 Å². The van der Waals surface area contributed by atoms with Crippen LogP contribution in [0.1, 0.15) is 49.3 Å². The first kappa shape index (κ1) is 22.2. The number of nitrogens with one attached hydrogen (secondary N) is 2. The van der Waals surface area contributed by atoms with Gasteiger partial charge in [-0.2, -0.15) is 0 Å². The lowest BCUT2D eigenvalue weighted by atomic mass is 9.96. The maximum absolute atomic E-state index is 12.5. The molecule has 28 heavy (non-hydrogen) atoms. The molecule has 0 radical (unpaired) electrons. The summed E-state index contributed by atoms with van der Waals surface area (Å²) < 4.78 is 7.34. The molecule has 8 heteroatoms. The normalized spacial score (nSPS) is 16.5. The molecule has 1 unspecified atom stereocenters. The number of aromatic nitrogens is 3.